The minimum Gasteiger partial charge on any atom is -0.481 e. The van der Waals surface area contributed by atoms with Crippen LogP contribution in [-0.2, 0) is 14.8 Å². The fourth-order valence-electron chi connectivity index (χ4n) is 2.68. The van der Waals surface area contributed by atoms with Gasteiger partial charge in [0, 0.05) is 25.3 Å². The summed E-state index contributed by atoms with van der Waals surface area (Å²) in [5, 5.41) is 17.8. The Balaban J connectivity index is 2.17. The summed E-state index contributed by atoms with van der Waals surface area (Å²) >= 11 is 1.05. The summed E-state index contributed by atoms with van der Waals surface area (Å²) in [5.74, 6) is -0.701. The van der Waals surface area contributed by atoms with Gasteiger partial charge in [-0.1, -0.05) is 36.0 Å². The molecule has 0 saturated heterocycles. The van der Waals surface area contributed by atoms with Gasteiger partial charge in [0.25, 0.3) is 0 Å². The maximum atomic E-state index is 12.5. The number of hydrogen-bond donors (Lipinski definition) is 1. The van der Waals surface area contributed by atoms with Crippen molar-refractivity contribution in [3.05, 3.63) is 54.1 Å². The van der Waals surface area contributed by atoms with Crippen LogP contribution in [0, 0.1) is 6.92 Å². The standard InChI is InChI=1S/C19H20N4O4S2/c1-13-6-4-8-15(10-13)23-18(20-21-19(23)28-12-17(24)25)14-7-5-9-16(11-14)29(26,27)22(2)3/h4-11H,12H2,1-3H3,(H,24,25). The second-order valence-electron chi connectivity index (χ2n) is 6.48. The highest BCUT2D eigenvalue weighted by atomic mass is 32.2. The molecule has 1 aromatic heterocycles. The summed E-state index contributed by atoms with van der Waals surface area (Å²) in [5.41, 5.74) is 2.34. The van der Waals surface area contributed by atoms with Crippen LogP contribution in [0.3, 0.4) is 0 Å². The summed E-state index contributed by atoms with van der Waals surface area (Å²) in [6.45, 7) is 1.95. The molecule has 0 spiro atoms. The first-order valence-corrected chi connectivity index (χ1v) is 11.0. The van der Waals surface area contributed by atoms with Crippen molar-refractivity contribution in [3.8, 4) is 17.1 Å². The van der Waals surface area contributed by atoms with E-state index in [9.17, 15) is 13.2 Å². The number of sulfonamides is 1. The van der Waals surface area contributed by atoms with Gasteiger partial charge in [-0.15, -0.1) is 10.2 Å². The van der Waals surface area contributed by atoms with Crippen molar-refractivity contribution in [3.63, 3.8) is 0 Å². The Kier molecular flexibility index (Phi) is 6.06. The van der Waals surface area contributed by atoms with Gasteiger partial charge >= 0.3 is 5.97 Å². The lowest BCUT2D eigenvalue weighted by molar-refractivity contribution is -0.133. The zero-order valence-electron chi connectivity index (χ0n) is 16.1. The van der Waals surface area contributed by atoms with Crippen molar-refractivity contribution in [2.24, 2.45) is 0 Å². The van der Waals surface area contributed by atoms with Crippen LogP contribution in [0.2, 0.25) is 0 Å². The van der Waals surface area contributed by atoms with E-state index in [0.717, 1.165) is 27.3 Å². The van der Waals surface area contributed by atoms with E-state index in [1.165, 1.54) is 26.2 Å². The van der Waals surface area contributed by atoms with Crippen LogP contribution >= 0.6 is 11.8 Å². The molecular weight excluding hydrogens is 412 g/mol. The topological polar surface area (TPSA) is 105 Å². The van der Waals surface area contributed by atoms with Gasteiger partial charge in [-0.05, 0) is 36.8 Å². The molecule has 0 bridgehead atoms. The minimum absolute atomic E-state index is 0.138. The number of nitrogens with zero attached hydrogens (tertiary/aromatic N) is 4. The van der Waals surface area contributed by atoms with E-state index in [-0.39, 0.29) is 10.6 Å². The number of carboxylic acids is 1. The van der Waals surface area contributed by atoms with Crippen LogP contribution in [0.4, 0.5) is 0 Å². The van der Waals surface area contributed by atoms with Crippen LogP contribution < -0.4 is 0 Å². The molecule has 0 fully saturated rings. The van der Waals surface area contributed by atoms with Gasteiger partial charge in [-0.25, -0.2) is 12.7 Å². The summed E-state index contributed by atoms with van der Waals surface area (Å²) in [7, 11) is -0.673. The average molecular weight is 433 g/mol. The molecule has 0 aliphatic heterocycles. The first kappa shape index (κ1) is 21.0. The second-order valence-corrected chi connectivity index (χ2v) is 9.57. The Labute approximate surface area is 173 Å². The highest BCUT2D eigenvalue weighted by Crippen LogP contribution is 2.29. The zero-order chi connectivity index (χ0) is 21.2. The van der Waals surface area contributed by atoms with E-state index in [1.54, 1.807) is 16.7 Å². The maximum absolute atomic E-state index is 12.5. The van der Waals surface area contributed by atoms with E-state index in [0.29, 0.717) is 16.5 Å². The number of aliphatic carboxylic acids is 1. The van der Waals surface area contributed by atoms with Gasteiger partial charge in [0.1, 0.15) is 0 Å². The summed E-state index contributed by atoms with van der Waals surface area (Å²) in [4.78, 5) is 11.2. The lowest BCUT2D eigenvalue weighted by Gasteiger charge is -2.13. The lowest BCUT2D eigenvalue weighted by Crippen LogP contribution is -2.22. The maximum Gasteiger partial charge on any atom is 0.313 e. The molecule has 1 N–H and O–H groups in total. The Bertz CT molecular complexity index is 1160. The Morgan fingerprint density at radius 1 is 1.14 bits per heavy atom. The fourth-order valence-corrected chi connectivity index (χ4v) is 4.30. The summed E-state index contributed by atoms with van der Waals surface area (Å²) in [6.07, 6.45) is 0. The number of carbonyl (C=O) groups is 1. The third-order valence-corrected chi connectivity index (χ3v) is 6.81. The zero-order valence-corrected chi connectivity index (χ0v) is 17.7. The number of thioether (sulfide) groups is 1. The van der Waals surface area contributed by atoms with Crippen molar-refractivity contribution < 1.29 is 18.3 Å². The molecule has 0 aliphatic carbocycles. The van der Waals surface area contributed by atoms with E-state index in [4.69, 9.17) is 5.11 Å². The second kappa shape index (κ2) is 8.36. The van der Waals surface area contributed by atoms with E-state index < -0.39 is 16.0 Å². The first-order valence-electron chi connectivity index (χ1n) is 8.60. The lowest BCUT2D eigenvalue weighted by atomic mass is 10.2. The first-order chi connectivity index (χ1) is 13.7. The van der Waals surface area contributed by atoms with E-state index in [2.05, 4.69) is 10.2 Å². The SMILES string of the molecule is Cc1cccc(-n2c(SCC(=O)O)nnc2-c2cccc(S(=O)(=O)N(C)C)c2)c1. The van der Waals surface area contributed by atoms with Gasteiger partial charge in [-0.2, -0.15) is 0 Å². The summed E-state index contributed by atoms with van der Waals surface area (Å²) < 4.78 is 27.9. The number of benzene rings is 2. The molecule has 10 heteroatoms. The van der Waals surface area contributed by atoms with Crippen LogP contribution in [0.5, 0.6) is 0 Å². The van der Waals surface area contributed by atoms with Crippen molar-refractivity contribution in [1.82, 2.24) is 19.1 Å². The molecule has 1 heterocycles. The van der Waals surface area contributed by atoms with Crippen molar-refractivity contribution >= 4 is 27.8 Å². The molecule has 0 aliphatic rings. The van der Waals surface area contributed by atoms with Crippen LogP contribution in [0.1, 0.15) is 5.56 Å². The van der Waals surface area contributed by atoms with E-state index in [1.807, 2.05) is 31.2 Å². The molecule has 0 radical (unpaired) electrons. The molecule has 0 amide bonds. The van der Waals surface area contributed by atoms with Crippen LogP contribution in [0.15, 0.2) is 58.6 Å². The quantitative estimate of drug-likeness (QED) is 0.572. The Morgan fingerprint density at radius 3 is 2.52 bits per heavy atom. The Morgan fingerprint density at radius 2 is 1.86 bits per heavy atom. The Hall–Kier alpha value is -2.69. The number of rotatable bonds is 7. The number of aryl methyl sites for hydroxylation is 1. The molecule has 3 aromatic rings. The molecule has 3 rings (SSSR count). The van der Waals surface area contributed by atoms with Crippen LogP contribution in [0.25, 0.3) is 17.1 Å². The molecule has 29 heavy (non-hydrogen) atoms. The van der Waals surface area contributed by atoms with Crippen molar-refractivity contribution in [1.29, 1.82) is 0 Å². The third kappa shape index (κ3) is 4.50. The van der Waals surface area contributed by atoms with Gasteiger partial charge in [0.05, 0.1) is 10.6 Å². The molecular formula is C19H20N4O4S2. The molecule has 8 nitrogen and oxygen atoms in total. The smallest absolute Gasteiger partial charge is 0.313 e. The predicted octanol–water partition coefficient (Wildman–Crippen LogP) is 2.67. The largest absolute Gasteiger partial charge is 0.481 e. The van der Waals surface area contributed by atoms with Gasteiger partial charge in [0.2, 0.25) is 10.0 Å². The van der Waals surface area contributed by atoms with Gasteiger partial charge in [-0.3, -0.25) is 9.36 Å². The minimum atomic E-state index is -3.61. The molecule has 2 aromatic carbocycles. The average Bonchev–Trinajstić information content (AvgIpc) is 3.10. The monoisotopic (exact) mass is 432 g/mol. The molecule has 0 unspecified atom stereocenters. The highest BCUT2D eigenvalue weighted by Gasteiger charge is 2.21. The van der Waals surface area contributed by atoms with E-state index >= 15 is 0 Å². The summed E-state index contributed by atoms with van der Waals surface area (Å²) in [6, 6.07) is 14.1. The number of hydrogen-bond acceptors (Lipinski definition) is 6. The molecule has 152 valence electrons. The van der Waals surface area contributed by atoms with Crippen molar-refractivity contribution in [2.75, 3.05) is 19.8 Å². The fraction of sp³-hybridized carbons (Fsp3) is 0.211. The number of aromatic nitrogens is 3. The van der Waals surface area contributed by atoms with Crippen molar-refractivity contribution in [2.45, 2.75) is 17.0 Å². The van der Waals surface area contributed by atoms with Gasteiger partial charge in [0.15, 0.2) is 11.0 Å². The highest BCUT2D eigenvalue weighted by molar-refractivity contribution is 7.99. The third-order valence-electron chi connectivity index (χ3n) is 4.09. The number of carboxylic acid groups (broad SMARTS) is 1. The molecule has 0 saturated carbocycles. The van der Waals surface area contributed by atoms with Gasteiger partial charge < -0.3 is 5.11 Å². The normalized spacial score (nSPS) is 11.7. The molecule has 0 atom stereocenters. The van der Waals surface area contributed by atoms with Crippen LogP contribution in [-0.4, -0.2) is 58.4 Å². The predicted molar refractivity (Wildman–Crippen MR) is 111 cm³/mol.